The van der Waals surface area contributed by atoms with Crippen LogP contribution in [0, 0.1) is 11.7 Å². The molecule has 1 atom stereocenters. The van der Waals surface area contributed by atoms with E-state index >= 15 is 0 Å². The summed E-state index contributed by atoms with van der Waals surface area (Å²) in [7, 11) is -4.19. The van der Waals surface area contributed by atoms with Gasteiger partial charge in [0, 0.05) is 6.54 Å². The smallest absolute Gasteiger partial charge is 0.262 e. The number of nitrogens with zero attached hydrogens (tertiary/aromatic N) is 1. The summed E-state index contributed by atoms with van der Waals surface area (Å²) in [5.41, 5.74) is 2.01. The maximum absolute atomic E-state index is 13.5. The molecule has 10 heteroatoms. The number of carbonyl (C=O) groups is 1. The Bertz CT molecular complexity index is 967. The van der Waals surface area contributed by atoms with E-state index in [1.165, 1.54) is 54.0 Å². The van der Waals surface area contributed by atoms with E-state index in [-0.39, 0.29) is 11.4 Å². The third-order valence-corrected chi connectivity index (χ3v) is 6.64. The van der Waals surface area contributed by atoms with Crippen molar-refractivity contribution in [3.05, 3.63) is 59.9 Å². The lowest BCUT2D eigenvalue weighted by Gasteiger charge is -2.32. The SMILES string of the molecule is CC(C)[C@H](C(=O)NO)N(Cc1ccc(F)cc1)S(=O)(=O)c1ccc(OCCCCF)cc1. The van der Waals surface area contributed by atoms with Gasteiger partial charge in [0.2, 0.25) is 10.0 Å². The predicted octanol–water partition coefficient (Wildman–Crippen LogP) is 3.68. The van der Waals surface area contributed by atoms with Crippen molar-refractivity contribution >= 4 is 15.9 Å². The Hall–Kier alpha value is -2.56. The second-order valence-corrected chi connectivity index (χ2v) is 9.45. The molecular formula is C22H28F2N2O5S. The summed E-state index contributed by atoms with van der Waals surface area (Å²) in [6, 6.07) is 9.71. The van der Waals surface area contributed by atoms with Gasteiger partial charge in [-0.3, -0.25) is 14.4 Å². The third-order valence-electron chi connectivity index (χ3n) is 4.80. The number of alkyl halides is 1. The number of rotatable bonds is 12. The van der Waals surface area contributed by atoms with Gasteiger partial charge < -0.3 is 4.74 Å². The van der Waals surface area contributed by atoms with Gasteiger partial charge in [-0.15, -0.1) is 0 Å². The second kappa shape index (κ2) is 11.9. The molecule has 0 aliphatic heterocycles. The van der Waals surface area contributed by atoms with Gasteiger partial charge in [-0.1, -0.05) is 26.0 Å². The zero-order valence-corrected chi connectivity index (χ0v) is 18.8. The molecule has 176 valence electrons. The highest BCUT2D eigenvalue weighted by Gasteiger charge is 2.38. The van der Waals surface area contributed by atoms with Crippen LogP contribution in [0.15, 0.2) is 53.4 Å². The lowest BCUT2D eigenvalue weighted by atomic mass is 10.0. The number of sulfonamides is 1. The Morgan fingerprint density at radius 2 is 1.72 bits per heavy atom. The van der Waals surface area contributed by atoms with E-state index in [0.717, 1.165) is 4.31 Å². The Balaban J connectivity index is 2.37. The van der Waals surface area contributed by atoms with E-state index in [4.69, 9.17) is 4.74 Å². The fourth-order valence-electron chi connectivity index (χ4n) is 3.16. The summed E-state index contributed by atoms with van der Waals surface area (Å²) in [6.07, 6.45) is 0.919. The van der Waals surface area contributed by atoms with Gasteiger partial charge in [0.15, 0.2) is 0 Å². The number of amides is 1. The van der Waals surface area contributed by atoms with Crippen LogP contribution in [0.1, 0.15) is 32.3 Å². The van der Waals surface area contributed by atoms with Crippen LogP contribution in [0.5, 0.6) is 5.75 Å². The first-order valence-electron chi connectivity index (χ1n) is 10.2. The minimum Gasteiger partial charge on any atom is -0.494 e. The van der Waals surface area contributed by atoms with Crippen molar-refractivity contribution in [3.8, 4) is 5.75 Å². The number of hydrogen-bond acceptors (Lipinski definition) is 5. The molecule has 2 N–H and O–H groups in total. The molecule has 2 aromatic carbocycles. The van der Waals surface area contributed by atoms with Crippen molar-refractivity contribution in [2.24, 2.45) is 5.92 Å². The third kappa shape index (κ3) is 6.72. The normalized spacial score (nSPS) is 12.7. The van der Waals surface area contributed by atoms with Gasteiger partial charge in [0.05, 0.1) is 18.2 Å². The quantitative estimate of drug-likeness (QED) is 0.280. The summed E-state index contributed by atoms with van der Waals surface area (Å²) < 4.78 is 58.9. The number of ether oxygens (including phenoxy) is 1. The molecule has 0 aromatic heterocycles. The lowest BCUT2D eigenvalue weighted by Crippen LogP contribution is -2.51. The number of hydroxylamine groups is 1. The van der Waals surface area contributed by atoms with Gasteiger partial charge in [-0.25, -0.2) is 18.3 Å². The van der Waals surface area contributed by atoms with Crippen LogP contribution in [0.2, 0.25) is 0 Å². The molecule has 32 heavy (non-hydrogen) atoms. The van der Waals surface area contributed by atoms with Gasteiger partial charge in [-0.2, -0.15) is 4.31 Å². The monoisotopic (exact) mass is 470 g/mol. The largest absolute Gasteiger partial charge is 0.494 e. The number of unbranched alkanes of at least 4 members (excludes halogenated alkanes) is 1. The molecule has 0 radical (unpaired) electrons. The molecule has 0 fully saturated rings. The Kier molecular flexibility index (Phi) is 9.55. The van der Waals surface area contributed by atoms with Crippen molar-refractivity contribution in [3.63, 3.8) is 0 Å². The molecule has 0 aliphatic rings. The van der Waals surface area contributed by atoms with Crippen molar-refractivity contribution < 1.29 is 31.9 Å². The highest BCUT2D eigenvalue weighted by molar-refractivity contribution is 7.89. The van der Waals surface area contributed by atoms with Gasteiger partial charge in [0.25, 0.3) is 5.91 Å². The molecule has 0 unspecified atom stereocenters. The van der Waals surface area contributed by atoms with Gasteiger partial charge in [0.1, 0.15) is 17.6 Å². The van der Waals surface area contributed by atoms with Crippen LogP contribution in [-0.2, 0) is 21.4 Å². The zero-order chi connectivity index (χ0) is 23.7. The fraction of sp³-hybridized carbons (Fsp3) is 0.409. The highest BCUT2D eigenvalue weighted by Crippen LogP contribution is 2.26. The zero-order valence-electron chi connectivity index (χ0n) is 18.0. The maximum Gasteiger partial charge on any atom is 0.262 e. The summed E-state index contributed by atoms with van der Waals surface area (Å²) >= 11 is 0. The number of benzene rings is 2. The van der Waals surface area contributed by atoms with Crippen LogP contribution < -0.4 is 10.2 Å². The van der Waals surface area contributed by atoms with E-state index in [1.807, 2.05) is 0 Å². The Labute approximate surface area is 187 Å². The average molecular weight is 471 g/mol. The van der Waals surface area contributed by atoms with E-state index in [2.05, 4.69) is 0 Å². The van der Waals surface area contributed by atoms with Crippen molar-refractivity contribution in [1.82, 2.24) is 9.79 Å². The van der Waals surface area contributed by atoms with Crippen molar-refractivity contribution in [2.45, 2.75) is 44.2 Å². The standard InChI is InChI=1S/C22H28F2N2O5S/c1-16(2)21(22(27)25-28)26(15-17-5-7-18(24)8-6-17)32(29,30)20-11-9-19(10-12-20)31-14-4-3-13-23/h5-12,16,21,28H,3-4,13-15H2,1-2H3,(H,25,27)/t21-/m1/s1. The molecule has 0 heterocycles. The summed E-state index contributed by atoms with van der Waals surface area (Å²) in [5, 5.41) is 9.19. The summed E-state index contributed by atoms with van der Waals surface area (Å²) in [4.78, 5) is 12.3. The van der Waals surface area contributed by atoms with Crippen molar-refractivity contribution in [2.75, 3.05) is 13.3 Å². The van der Waals surface area contributed by atoms with Crippen LogP contribution in [0.3, 0.4) is 0 Å². The molecule has 0 bridgehead atoms. The number of hydrogen-bond donors (Lipinski definition) is 2. The first-order valence-corrected chi connectivity index (χ1v) is 11.6. The Morgan fingerprint density at radius 1 is 1.09 bits per heavy atom. The number of nitrogens with one attached hydrogen (secondary N) is 1. The maximum atomic E-state index is 13.5. The topological polar surface area (TPSA) is 95.9 Å². The molecule has 0 aliphatic carbocycles. The van der Waals surface area contributed by atoms with E-state index in [0.29, 0.717) is 30.8 Å². The average Bonchev–Trinajstić information content (AvgIpc) is 2.77. The van der Waals surface area contributed by atoms with Crippen LogP contribution in [0.25, 0.3) is 0 Å². The molecule has 0 spiro atoms. The van der Waals surface area contributed by atoms with Gasteiger partial charge >= 0.3 is 0 Å². The molecule has 2 rings (SSSR count). The lowest BCUT2D eigenvalue weighted by molar-refractivity contribution is -0.134. The van der Waals surface area contributed by atoms with Crippen LogP contribution in [-0.4, -0.2) is 43.2 Å². The summed E-state index contributed by atoms with van der Waals surface area (Å²) in [6.45, 7) is 2.98. The number of carbonyl (C=O) groups excluding carboxylic acids is 1. The predicted molar refractivity (Wildman–Crippen MR) is 115 cm³/mol. The fourth-order valence-corrected chi connectivity index (χ4v) is 4.87. The minimum absolute atomic E-state index is 0.0768. The van der Waals surface area contributed by atoms with Crippen molar-refractivity contribution in [1.29, 1.82) is 0 Å². The van der Waals surface area contributed by atoms with E-state index < -0.39 is 40.4 Å². The molecule has 0 saturated carbocycles. The second-order valence-electron chi connectivity index (χ2n) is 7.56. The molecule has 0 saturated heterocycles. The van der Waals surface area contributed by atoms with Crippen LogP contribution in [0.4, 0.5) is 8.78 Å². The summed E-state index contributed by atoms with van der Waals surface area (Å²) in [5.74, 6) is -1.39. The molecule has 1 amide bonds. The van der Waals surface area contributed by atoms with Gasteiger partial charge in [-0.05, 0) is 60.7 Å². The first kappa shape index (κ1) is 25.7. The number of halogens is 2. The van der Waals surface area contributed by atoms with E-state index in [9.17, 15) is 27.2 Å². The minimum atomic E-state index is -4.19. The molecular weight excluding hydrogens is 442 g/mol. The van der Waals surface area contributed by atoms with E-state index in [1.54, 1.807) is 13.8 Å². The first-order chi connectivity index (χ1) is 15.2. The molecule has 7 nitrogen and oxygen atoms in total. The van der Waals surface area contributed by atoms with Crippen LogP contribution >= 0.6 is 0 Å². The highest BCUT2D eigenvalue weighted by atomic mass is 32.2. The molecule has 2 aromatic rings. The Morgan fingerprint density at radius 3 is 2.25 bits per heavy atom.